The molecule has 0 bridgehead atoms. The topological polar surface area (TPSA) is 115 Å². The molecule has 1 aromatic carbocycles. The molecule has 0 aliphatic carbocycles. The van der Waals surface area contributed by atoms with Gasteiger partial charge in [-0.05, 0) is 30.9 Å². The first-order chi connectivity index (χ1) is 15.1. The third kappa shape index (κ3) is 3.81. The number of fused-ring (bicyclic) bond motifs is 1. The summed E-state index contributed by atoms with van der Waals surface area (Å²) in [7, 11) is 0. The lowest BCUT2D eigenvalue weighted by atomic mass is 10.1. The number of hydrogen-bond acceptors (Lipinski definition) is 8. The van der Waals surface area contributed by atoms with Gasteiger partial charge < -0.3 is 25.0 Å². The molecular weight excluding hydrogens is 398 g/mol. The average molecular weight is 423 g/mol. The molecule has 0 spiro atoms. The molecule has 9 nitrogen and oxygen atoms in total. The van der Waals surface area contributed by atoms with Crippen LogP contribution < -0.4 is 5.32 Å². The minimum atomic E-state index is -1.13. The summed E-state index contributed by atoms with van der Waals surface area (Å²) in [6, 6.07) is 7.93. The Morgan fingerprint density at radius 1 is 1.16 bits per heavy atom. The number of aliphatic hydroxyl groups excluding tert-OH is 2. The van der Waals surface area contributed by atoms with Crippen molar-refractivity contribution in [2.45, 2.75) is 50.5 Å². The molecule has 3 aromatic rings. The fourth-order valence-electron chi connectivity index (χ4n) is 4.03. The van der Waals surface area contributed by atoms with E-state index in [1.165, 1.54) is 6.33 Å². The number of rotatable bonds is 5. The van der Waals surface area contributed by atoms with Crippen LogP contribution in [0.3, 0.4) is 0 Å². The van der Waals surface area contributed by atoms with Gasteiger partial charge in [-0.1, -0.05) is 36.4 Å². The van der Waals surface area contributed by atoms with Crippen molar-refractivity contribution in [2.75, 3.05) is 11.9 Å². The molecule has 2 fully saturated rings. The van der Waals surface area contributed by atoms with Crippen LogP contribution in [0.4, 0.5) is 5.82 Å². The molecule has 0 saturated carbocycles. The molecule has 2 aromatic heterocycles. The Hall–Kier alpha value is -2.85. The number of aryl methyl sites for hydroxylation is 1. The number of aliphatic hydroxyl groups is 2. The van der Waals surface area contributed by atoms with E-state index in [2.05, 4.69) is 20.3 Å². The quantitative estimate of drug-likeness (QED) is 0.571. The van der Waals surface area contributed by atoms with Gasteiger partial charge in [0.2, 0.25) is 0 Å². The second-order valence-electron chi connectivity index (χ2n) is 7.88. The molecule has 5 atom stereocenters. The third-order valence-corrected chi connectivity index (χ3v) is 5.79. The van der Waals surface area contributed by atoms with Crippen LogP contribution in [0.5, 0.6) is 0 Å². The zero-order valence-corrected chi connectivity index (χ0v) is 17.1. The van der Waals surface area contributed by atoms with Gasteiger partial charge in [0, 0.05) is 6.61 Å². The molecular formula is C22H25N5O4. The molecule has 0 radical (unpaired) electrons. The highest BCUT2D eigenvalue weighted by atomic mass is 16.6. The molecule has 5 rings (SSSR count). The Labute approximate surface area is 179 Å². The van der Waals surface area contributed by atoms with Gasteiger partial charge in [-0.3, -0.25) is 4.57 Å². The van der Waals surface area contributed by atoms with Crippen LogP contribution in [0, 0.1) is 6.92 Å². The summed E-state index contributed by atoms with van der Waals surface area (Å²) in [4.78, 5) is 13.0. The van der Waals surface area contributed by atoms with Gasteiger partial charge in [0.1, 0.15) is 30.9 Å². The highest BCUT2D eigenvalue weighted by molar-refractivity contribution is 5.82. The Balaban J connectivity index is 1.39. The fraction of sp³-hybridized carbons (Fsp3) is 0.409. The van der Waals surface area contributed by atoms with Gasteiger partial charge in [-0.25, -0.2) is 15.0 Å². The van der Waals surface area contributed by atoms with Crippen molar-refractivity contribution in [2.24, 2.45) is 0 Å². The van der Waals surface area contributed by atoms with Crippen molar-refractivity contribution < 1.29 is 19.7 Å². The van der Waals surface area contributed by atoms with E-state index >= 15 is 0 Å². The molecule has 1 unspecified atom stereocenters. The fourth-order valence-corrected chi connectivity index (χ4v) is 4.03. The summed E-state index contributed by atoms with van der Waals surface area (Å²) in [6.45, 7) is 2.74. The Bertz CT molecular complexity index is 1090. The van der Waals surface area contributed by atoms with Crippen LogP contribution in [-0.4, -0.2) is 60.9 Å². The van der Waals surface area contributed by atoms with Crippen LogP contribution in [-0.2, 0) is 9.47 Å². The Morgan fingerprint density at radius 2 is 2.03 bits per heavy atom. The van der Waals surface area contributed by atoms with Crippen molar-refractivity contribution in [1.29, 1.82) is 0 Å². The molecule has 4 heterocycles. The summed E-state index contributed by atoms with van der Waals surface area (Å²) >= 11 is 0. The van der Waals surface area contributed by atoms with Crippen molar-refractivity contribution in [3.8, 4) is 0 Å². The van der Waals surface area contributed by atoms with E-state index in [1.54, 1.807) is 17.0 Å². The number of hydrogen-bond donors (Lipinski definition) is 3. The van der Waals surface area contributed by atoms with E-state index in [-0.39, 0.29) is 6.23 Å². The minimum Gasteiger partial charge on any atom is -0.387 e. The number of benzene rings is 1. The van der Waals surface area contributed by atoms with Gasteiger partial charge in [0.05, 0.1) is 6.33 Å². The predicted molar refractivity (Wildman–Crippen MR) is 114 cm³/mol. The van der Waals surface area contributed by atoms with Crippen LogP contribution in [0.15, 0.2) is 43.0 Å². The molecule has 0 amide bonds. The number of anilines is 1. The monoisotopic (exact) mass is 423 g/mol. The van der Waals surface area contributed by atoms with Crippen molar-refractivity contribution >= 4 is 23.1 Å². The Morgan fingerprint density at radius 3 is 2.84 bits per heavy atom. The largest absolute Gasteiger partial charge is 0.387 e. The summed E-state index contributed by atoms with van der Waals surface area (Å²) in [6.07, 6.45) is 4.76. The van der Waals surface area contributed by atoms with Crippen LogP contribution >= 0.6 is 0 Å². The maximum atomic E-state index is 10.7. The molecule has 2 aliphatic heterocycles. The highest BCUT2D eigenvalue weighted by Crippen LogP contribution is 2.33. The van der Waals surface area contributed by atoms with Gasteiger partial charge >= 0.3 is 0 Å². The molecule has 31 heavy (non-hydrogen) atoms. The number of imidazole rings is 1. The summed E-state index contributed by atoms with van der Waals surface area (Å²) in [5.41, 5.74) is 3.21. The molecule has 162 valence electrons. The van der Waals surface area contributed by atoms with Crippen LogP contribution in [0.25, 0.3) is 17.2 Å². The van der Waals surface area contributed by atoms with E-state index in [4.69, 9.17) is 9.47 Å². The first kappa shape index (κ1) is 20.1. The minimum absolute atomic E-state index is 0.102. The van der Waals surface area contributed by atoms with Crippen molar-refractivity contribution in [3.63, 3.8) is 0 Å². The number of nitrogens with zero attached hydrogens (tertiary/aromatic N) is 4. The zero-order chi connectivity index (χ0) is 21.4. The van der Waals surface area contributed by atoms with Gasteiger partial charge in [-0.2, -0.15) is 0 Å². The normalized spacial score (nSPS) is 28.7. The van der Waals surface area contributed by atoms with Crippen molar-refractivity contribution in [3.05, 3.63) is 54.1 Å². The van der Waals surface area contributed by atoms with E-state index in [1.807, 2.05) is 37.3 Å². The van der Waals surface area contributed by atoms with Crippen LogP contribution in [0.1, 0.15) is 30.2 Å². The first-order valence-corrected chi connectivity index (χ1v) is 10.4. The second kappa shape index (κ2) is 8.35. The smallest absolute Gasteiger partial charge is 0.167 e. The highest BCUT2D eigenvalue weighted by Gasteiger charge is 2.43. The van der Waals surface area contributed by atoms with Gasteiger partial charge in [0.15, 0.2) is 23.2 Å². The number of aromatic nitrogens is 4. The average Bonchev–Trinajstić information content (AvgIpc) is 3.50. The Kier molecular flexibility index (Phi) is 5.41. The molecule has 2 saturated heterocycles. The molecule has 3 N–H and O–H groups in total. The third-order valence-electron chi connectivity index (χ3n) is 5.79. The zero-order valence-electron chi connectivity index (χ0n) is 17.1. The van der Waals surface area contributed by atoms with Gasteiger partial charge in [-0.15, -0.1) is 0 Å². The second-order valence-corrected chi connectivity index (χ2v) is 7.88. The maximum Gasteiger partial charge on any atom is 0.167 e. The number of nitrogens with one attached hydrogen (secondary N) is 1. The number of ether oxygens (including phenoxy) is 2. The van der Waals surface area contributed by atoms with Crippen LogP contribution in [0.2, 0.25) is 0 Å². The lowest BCUT2D eigenvalue weighted by Crippen LogP contribution is -2.30. The van der Waals surface area contributed by atoms with Gasteiger partial charge in [0.25, 0.3) is 0 Å². The standard InChI is InChI=1S/C22H25N5O4/c1-13-5-2-3-6-14(13)8-9-15-18(28)19(29)22(31-15)27-12-25-17-20(23-11-24-21(17)27)26-16-7-4-10-30-16/h2-3,5-6,8-9,11-12,15-16,18-19,22,28-29H,4,7,10H2,1H3,(H,23,24,26)/t15-,16?,18-,19-,22-/m1/s1. The lowest BCUT2D eigenvalue weighted by Gasteiger charge is -2.17. The maximum absolute atomic E-state index is 10.7. The lowest BCUT2D eigenvalue weighted by molar-refractivity contribution is -0.0243. The first-order valence-electron chi connectivity index (χ1n) is 10.4. The van der Waals surface area contributed by atoms with E-state index in [0.29, 0.717) is 17.0 Å². The SMILES string of the molecule is Cc1ccccc1C=C[C@H]1O[C@@H](n2cnc3c(NC4CCCO4)ncnc32)[C@H](O)[C@@H]1O. The van der Waals surface area contributed by atoms with E-state index in [0.717, 1.165) is 30.6 Å². The summed E-state index contributed by atoms with van der Waals surface area (Å²) < 4.78 is 13.3. The van der Waals surface area contributed by atoms with Crippen molar-refractivity contribution in [1.82, 2.24) is 19.5 Å². The van der Waals surface area contributed by atoms with E-state index in [9.17, 15) is 10.2 Å². The predicted octanol–water partition coefficient (Wildman–Crippen LogP) is 2.02. The summed E-state index contributed by atoms with van der Waals surface area (Å²) in [5, 5.41) is 24.5. The molecule has 2 aliphatic rings. The van der Waals surface area contributed by atoms with E-state index < -0.39 is 24.5 Å². The summed E-state index contributed by atoms with van der Waals surface area (Å²) in [5.74, 6) is 0.569. The molecule has 9 heteroatoms.